The lowest BCUT2D eigenvalue weighted by molar-refractivity contribution is 1.43. The highest BCUT2D eigenvalue weighted by molar-refractivity contribution is 7.80. The Labute approximate surface area is 77.0 Å². The van der Waals surface area contributed by atoms with E-state index in [2.05, 4.69) is 24.9 Å². The number of hydrogen-bond acceptors (Lipinski definition) is 3. The molecule has 3 heteroatoms. The van der Waals surface area contributed by atoms with E-state index in [-0.39, 0.29) is 0 Å². The largest absolute Gasteiger partial charge is 0.398 e. The molecule has 0 aliphatic carbocycles. The molecule has 0 heterocycles. The molecule has 0 saturated carbocycles. The number of anilines is 1. The summed E-state index contributed by atoms with van der Waals surface area (Å²) in [7, 11) is 0. The first-order valence-electron chi connectivity index (χ1n) is 3.39. The molecule has 0 bridgehead atoms. The van der Waals surface area contributed by atoms with Gasteiger partial charge in [0.15, 0.2) is 0 Å². The molecule has 0 radical (unpaired) electrons. The van der Waals surface area contributed by atoms with Crippen LogP contribution in [-0.4, -0.2) is 0 Å². The monoisotopic (exact) mass is 178 g/mol. The zero-order valence-electron chi connectivity index (χ0n) is 6.54. The fourth-order valence-electron chi connectivity index (χ4n) is 0.824. The van der Waals surface area contributed by atoms with Crippen LogP contribution >= 0.6 is 12.6 Å². The molecule has 1 aromatic rings. The van der Waals surface area contributed by atoms with E-state index < -0.39 is 0 Å². The minimum Gasteiger partial charge on any atom is -0.398 e. The van der Waals surface area contributed by atoms with Gasteiger partial charge in [-0.1, -0.05) is 12.6 Å². The normalized spacial score (nSPS) is 9.08. The third-order valence-electron chi connectivity index (χ3n) is 1.53. The third kappa shape index (κ3) is 1.64. The van der Waals surface area contributed by atoms with Crippen LogP contribution < -0.4 is 11.5 Å². The van der Waals surface area contributed by atoms with E-state index in [0.717, 1.165) is 10.5 Å². The van der Waals surface area contributed by atoms with E-state index in [1.165, 1.54) is 0 Å². The summed E-state index contributed by atoms with van der Waals surface area (Å²) in [6.45, 7) is 3.44. The van der Waals surface area contributed by atoms with Crippen LogP contribution in [-0.2, 0) is 0 Å². The Morgan fingerprint density at radius 2 is 2.17 bits per heavy atom. The van der Waals surface area contributed by atoms with E-state index in [1.807, 2.05) is 6.07 Å². The van der Waals surface area contributed by atoms with Crippen LogP contribution in [0.4, 0.5) is 5.69 Å². The van der Waals surface area contributed by atoms with E-state index in [0.29, 0.717) is 11.4 Å². The van der Waals surface area contributed by atoms with E-state index >= 15 is 0 Å². The summed E-state index contributed by atoms with van der Waals surface area (Å²) < 4.78 is 0. The summed E-state index contributed by atoms with van der Waals surface area (Å²) in [6.07, 6.45) is 0. The van der Waals surface area contributed by atoms with Crippen LogP contribution in [0.15, 0.2) is 35.4 Å². The number of hydrogen-bond donors (Lipinski definition) is 3. The second-order valence-electron chi connectivity index (χ2n) is 2.36. The quantitative estimate of drug-likeness (QED) is 0.348. The first-order valence-corrected chi connectivity index (χ1v) is 3.84. The highest BCUT2D eigenvalue weighted by atomic mass is 32.1. The zero-order valence-corrected chi connectivity index (χ0v) is 7.44. The topological polar surface area (TPSA) is 52.0 Å². The summed E-state index contributed by atoms with van der Waals surface area (Å²) in [5.41, 5.74) is 15.7. The maximum absolute atomic E-state index is 5.62. The smallest absolute Gasteiger partial charge is 0.0815 e. The van der Waals surface area contributed by atoms with E-state index in [9.17, 15) is 0 Å². The summed E-state index contributed by atoms with van der Waals surface area (Å²) in [5.74, 6) is 0. The lowest BCUT2D eigenvalue weighted by Gasteiger charge is -2.02. The van der Waals surface area contributed by atoms with Crippen molar-refractivity contribution < 1.29 is 0 Å². The van der Waals surface area contributed by atoms with Gasteiger partial charge in [0, 0.05) is 16.1 Å². The lowest BCUT2D eigenvalue weighted by atomic mass is 10.1. The van der Waals surface area contributed by atoms with Crippen molar-refractivity contribution in [3.63, 3.8) is 0 Å². The average Bonchev–Trinajstić information content (AvgIpc) is 2.08. The fraction of sp³-hybridized carbons (Fsp3) is 0. The van der Waals surface area contributed by atoms with Crippen LogP contribution in [0, 0.1) is 0 Å². The van der Waals surface area contributed by atoms with Crippen LogP contribution in [0.2, 0.25) is 0 Å². The predicted molar refractivity (Wildman–Crippen MR) is 54.8 cm³/mol. The minimum absolute atomic E-state index is 0.495. The molecule has 4 N–H and O–H groups in total. The minimum atomic E-state index is 0.495. The average molecular weight is 178 g/mol. The third-order valence-corrected chi connectivity index (χ3v) is 1.94. The Bertz CT molecular complexity index is 352. The van der Waals surface area contributed by atoms with Crippen molar-refractivity contribution in [2.75, 3.05) is 5.73 Å². The van der Waals surface area contributed by atoms with Crippen molar-refractivity contribution >= 4 is 24.0 Å². The van der Waals surface area contributed by atoms with E-state index in [1.54, 1.807) is 12.1 Å². The molecule has 0 atom stereocenters. The van der Waals surface area contributed by atoms with Crippen LogP contribution in [0.1, 0.15) is 5.56 Å². The predicted octanol–water partition coefficient (Wildman–Crippen LogP) is 1.64. The van der Waals surface area contributed by atoms with Gasteiger partial charge in [-0.15, -0.1) is 18.4 Å². The lowest BCUT2D eigenvalue weighted by Crippen LogP contribution is -1.96. The first-order chi connectivity index (χ1) is 5.65. The zero-order chi connectivity index (χ0) is 9.14. The molecular formula is C9H10N2S. The summed E-state index contributed by atoms with van der Waals surface area (Å²) in [4.78, 5) is 0.746. The Kier molecular flexibility index (Phi) is 2.48. The first kappa shape index (κ1) is 8.78. The van der Waals surface area contributed by atoms with Gasteiger partial charge in [0.05, 0.1) is 5.70 Å². The number of benzene rings is 1. The van der Waals surface area contributed by atoms with Gasteiger partial charge in [-0.3, -0.25) is 0 Å². The Balaban J connectivity index is 3.22. The maximum atomic E-state index is 5.62. The van der Waals surface area contributed by atoms with Crippen molar-refractivity contribution in [2.24, 2.45) is 5.73 Å². The number of nitrogen functional groups attached to an aromatic ring is 1. The van der Waals surface area contributed by atoms with Gasteiger partial charge in [0.2, 0.25) is 0 Å². The number of rotatable bonds is 1. The molecule has 0 amide bonds. The SMILES string of the molecule is C=C=C(N)c1ccc(S)c(N)c1. The maximum Gasteiger partial charge on any atom is 0.0815 e. The molecule has 0 unspecified atom stereocenters. The van der Waals surface area contributed by atoms with Gasteiger partial charge >= 0.3 is 0 Å². The van der Waals surface area contributed by atoms with Gasteiger partial charge in [-0.05, 0) is 12.1 Å². The Morgan fingerprint density at radius 1 is 1.50 bits per heavy atom. The molecule has 12 heavy (non-hydrogen) atoms. The molecule has 0 aliphatic heterocycles. The molecule has 2 nitrogen and oxygen atoms in total. The second kappa shape index (κ2) is 3.39. The molecule has 0 spiro atoms. The van der Waals surface area contributed by atoms with Crippen molar-refractivity contribution in [3.8, 4) is 0 Å². The Morgan fingerprint density at radius 3 is 2.67 bits per heavy atom. The van der Waals surface area contributed by atoms with Gasteiger partial charge in [0.1, 0.15) is 0 Å². The van der Waals surface area contributed by atoms with Gasteiger partial charge < -0.3 is 11.5 Å². The van der Waals surface area contributed by atoms with Gasteiger partial charge in [-0.2, -0.15) is 0 Å². The molecule has 0 aromatic heterocycles. The molecule has 62 valence electrons. The van der Waals surface area contributed by atoms with Crippen molar-refractivity contribution in [2.45, 2.75) is 4.90 Å². The van der Waals surface area contributed by atoms with Crippen molar-refractivity contribution in [1.82, 2.24) is 0 Å². The summed E-state index contributed by atoms with van der Waals surface area (Å²) in [5, 5.41) is 0. The number of nitrogens with two attached hydrogens (primary N) is 2. The molecule has 1 rings (SSSR count). The Hall–Kier alpha value is -1.31. The van der Waals surface area contributed by atoms with E-state index in [4.69, 9.17) is 11.5 Å². The van der Waals surface area contributed by atoms with Gasteiger partial charge in [-0.25, -0.2) is 0 Å². The van der Waals surface area contributed by atoms with Crippen molar-refractivity contribution in [1.29, 1.82) is 0 Å². The highest BCUT2D eigenvalue weighted by Crippen LogP contribution is 2.19. The molecular weight excluding hydrogens is 168 g/mol. The second-order valence-corrected chi connectivity index (χ2v) is 2.85. The summed E-state index contributed by atoms with van der Waals surface area (Å²) in [6, 6.07) is 5.36. The van der Waals surface area contributed by atoms with Crippen LogP contribution in [0.3, 0.4) is 0 Å². The molecule has 1 aromatic carbocycles. The molecule has 0 aliphatic rings. The number of thiol groups is 1. The van der Waals surface area contributed by atoms with Crippen LogP contribution in [0.5, 0.6) is 0 Å². The van der Waals surface area contributed by atoms with Crippen LogP contribution in [0.25, 0.3) is 5.70 Å². The highest BCUT2D eigenvalue weighted by Gasteiger charge is 1.98. The molecule has 0 fully saturated rings. The van der Waals surface area contributed by atoms with Crippen molar-refractivity contribution in [3.05, 3.63) is 36.1 Å². The standard InChI is InChI=1S/C9H10N2S/c1-2-7(10)6-3-4-9(12)8(11)5-6/h3-5,12H,1,10-11H2. The fourth-order valence-corrected chi connectivity index (χ4v) is 0.963. The summed E-state index contributed by atoms with van der Waals surface area (Å²) >= 11 is 4.13. The molecule has 0 saturated heterocycles. The van der Waals surface area contributed by atoms with Gasteiger partial charge in [0.25, 0.3) is 0 Å².